The number of nitrogens with one attached hydrogen (secondary N) is 2. The average Bonchev–Trinajstić information content (AvgIpc) is 2.18. The Morgan fingerprint density at radius 2 is 2.07 bits per heavy atom. The minimum atomic E-state index is -0.788. The zero-order valence-corrected chi connectivity index (χ0v) is 7.69. The van der Waals surface area contributed by atoms with Crippen molar-refractivity contribution in [2.24, 2.45) is 5.92 Å². The standard InChI is InChI=1S/C8H13N3O3/c9-5-10-11(14)7-3-1-6(2-4-7)8(12)13/h6-7,10-11H,1-4H2,(H,12,13). The van der Waals surface area contributed by atoms with Gasteiger partial charge in [0.15, 0.2) is 0 Å². The van der Waals surface area contributed by atoms with Crippen LogP contribution in [0.2, 0.25) is 0 Å². The number of carbonyl (C=O) groups is 1. The lowest BCUT2D eigenvalue weighted by Crippen LogP contribution is -3.17. The number of hydrogen-bond acceptors (Lipinski definition) is 4. The maximum absolute atomic E-state index is 11.2. The van der Waals surface area contributed by atoms with Gasteiger partial charge in [-0.2, -0.15) is 10.7 Å². The minimum absolute atomic E-state index is 0.190. The number of hydrogen-bond donors (Lipinski definition) is 3. The van der Waals surface area contributed by atoms with Crippen LogP contribution < -0.4 is 10.6 Å². The van der Waals surface area contributed by atoms with E-state index in [1.54, 1.807) is 6.19 Å². The van der Waals surface area contributed by atoms with Gasteiger partial charge in [0.1, 0.15) is 6.04 Å². The van der Waals surface area contributed by atoms with E-state index in [0.717, 1.165) is 0 Å². The fraction of sp³-hybridized carbons (Fsp3) is 0.750. The second kappa shape index (κ2) is 4.79. The van der Waals surface area contributed by atoms with E-state index in [0.29, 0.717) is 25.7 Å². The molecular weight excluding hydrogens is 186 g/mol. The molecule has 1 aliphatic rings. The van der Waals surface area contributed by atoms with E-state index in [1.165, 1.54) is 0 Å². The SMILES string of the molecule is N#CN[NH+]([O-])C1CCC(C(=O)O)CC1. The number of carboxylic acids is 1. The van der Waals surface area contributed by atoms with Crippen LogP contribution in [0.15, 0.2) is 0 Å². The number of nitrogens with zero attached hydrogens (tertiary/aromatic N) is 1. The molecule has 0 aromatic rings. The Hall–Kier alpha value is -1.32. The molecule has 0 radical (unpaired) electrons. The Morgan fingerprint density at radius 1 is 1.50 bits per heavy atom. The summed E-state index contributed by atoms with van der Waals surface area (Å²) in [6, 6.07) is -0.190. The molecule has 6 heteroatoms. The van der Waals surface area contributed by atoms with Gasteiger partial charge in [0.25, 0.3) is 0 Å². The molecule has 3 N–H and O–H groups in total. The second-order valence-corrected chi connectivity index (χ2v) is 3.49. The van der Waals surface area contributed by atoms with Crippen molar-refractivity contribution in [1.29, 1.82) is 5.26 Å². The molecule has 1 rings (SSSR count). The Morgan fingerprint density at radius 3 is 2.50 bits per heavy atom. The normalized spacial score (nSPS) is 28.9. The van der Waals surface area contributed by atoms with Crippen LogP contribution in [0.4, 0.5) is 0 Å². The van der Waals surface area contributed by atoms with Crippen molar-refractivity contribution in [1.82, 2.24) is 5.43 Å². The predicted molar refractivity (Wildman–Crippen MR) is 46.5 cm³/mol. The Kier molecular flexibility index (Phi) is 3.68. The van der Waals surface area contributed by atoms with E-state index >= 15 is 0 Å². The maximum Gasteiger partial charge on any atom is 0.306 e. The third-order valence-corrected chi connectivity index (χ3v) is 2.63. The molecule has 14 heavy (non-hydrogen) atoms. The van der Waals surface area contributed by atoms with E-state index in [2.05, 4.69) is 5.43 Å². The second-order valence-electron chi connectivity index (χ2n) is 3.49. The number of nitriles is 1. The van der Waals surface area contributed by atoms with Crippen molar-refractivity contribution < 1.29 is 15.1 Å². The summed E-state index contributed by atoms with van der Waals surface area (Å²) in [7, 11) is 0. The van der Waals surface area contributed by atoms with Crippen molar-refractivity contribution in [2.45, 2.75) is 31.7 Å². The van der Waals surface area contributed by atoms with E-state index in [-0.39, 0.29) is 17.1 Å². The topological polar surface area (TPSA) is 101 Å². The highest BCUT2D eigenvalue weighted by Crippen LogP contribution is 2.22. The molecule has 0 saturated heterocycles. The zero-order chi connectivity index (χ0) is 10.6. The fourth-order valence-electron chi connectivity index (χ4n) is 1.76. The van der Waals surface area contributed by atoms with Gasteiger partial charge in [0.2, 0.25) is 6.19 Å². The highest BCUT2D eigenvalue weighted by molar-refractivity contribution is 5.69. The van der Waals surface area contributed by atoms with Crippen LogP contribution >= 0.6 is 0 Å². The van der Waals surface area contributed by atoms with Gasteiger partial charge in [-0.05, 0) is 12.8 Å². The summed E-state index contributed by atoms with van der Waals surface area (Å²) in [6.45, 7) is 0. The molecule has 1 aliphatic carbocycles. The third kappa shape index (κ3) is 2.58. The van der Waals surface area contributed by atoms with E-state index in [4.69, 9.17) is 10.4 Å². The highest BCUT2D eigenvalue weighted by Gasteiger charge is 2.29. The number of quaternary nitrogens is 1. The van der Waals surface area contributed by atoms with Crippen LogP contribution in [0.1, 0.15) is 25.7 Å². The van der Waals surface area contributed by atoms with Crippen molar-refractivity contribution in [2.75, 3.05) is 0 Å². The van der Waals surface area contributed by atoms with Gasteiger partial charge in [-0.15, -0.1) is 0 Å². The van der Waals surface area contributed by atoms with Crippen molar-refractivity contribution in [3.63, 3.8) is 0 Å². The van der Waals surface area contributed by atoms with Gasteiger partial charge in [-0.1, -0.05) is 0 Å². The van der Waals surface area contributed by atoms with Crippen LogP contribution in [-0.2, 0) is 4.79 Å². The van der Waals surface area contributed by atoms with Crippen LogP contribution in [0.5, 0.6) is 0 Å². The van der Waals surface area contributed by atoms with Crippen molar-refractivity contribution in [3.8, 4) is 6.19 Å². The number of carboxylic acid groups (broad SMARTS) is 1. The first kappa shape index (κ1) is 10.8. The Balaban J connectivity index is 2.36. The summed E-state index contributed by atoms with van der Waals surface area (Å²) in [5.41, 5.74) is 2.08. The Labute approximate surface area is 81.7 Å². The van der Waals surface area contributed by atoms with Crippen LogP contribution in [0, 0.1) is 22.6 Å². The smallest absolute Gasteiger partial charge is 0.306 e. The molecule has 0 aliphatic heterocycles. The lowest BCUT2D eigenvalue weighted by Gasteiger charge is -2.32. The molecule has 0 amide bonds. The van der Waals surface area contributed by atoms with Crippen LogP contribution in [0.3, 0.4) is 0 Å². The molecule has 0 aromatic carbocycles. The first-order valence-corrected chi connectivity index (χ1v) is 4.57. The first-order valence-electron chi connectivity index (χ1n) is 4.57. The first-order chi connectivity index (χ1) is 6.65. The van der Waals surface area contributed by atoms with Gasteiger partial charge in [-0.25, -0.2) is 0 Å². The summed E-state index contributed by atoms with van der Waals surface area (Å²) < 4.78 is 0. The monoisotopic (exact) mass is 199 g/mol. The third-order valence-electron chi connectivity index (χ3n) is 2.63. The van der Waals surface area contributed by atoms with Gasteiger partial charge < -0.3 is 10.3 Å². The zero-order valence-electron chi connectivity index (χ0n) is 7.69. The molecule has 1 saturated carbocycles. The molecule has 0 heterocycles. The van der Waals surface area contributed by atoms with Crippen molar-refractivity contribution in [3.05, 3.63) is 5.21 Å². The summed E-state index contributed by atoms with van der Waals surface area (Å²) in [6.07, 6.45) is 3.76. The van der Waals surface area contributed by atoms with Gasteiger partial charge >= 0.3 is 5.97 Å². The minimum Gasteiger partial charge on any atom is -0.607 e. The van der Waals surface area contributed by atoms with E-state index in [1.807, 2.05) is 0 Å². The lowest BCUT2D eigenvalue weighted by molar-refractivity contribution is -0.915. The van der Waals surface area contributed by atoms with Crippen molar-refractivity contribution >= 4 is 5.97 Å². The van der Waals surface area contributed by atoms with Crippen LogP contribution in [-0.4, -0.2) is 17.1 Å². The molecule has 0 aromatic heterocycles. The van der Waals surface area contributed by atoms with E-state index < -0.39 is 5.97 Å². The Bertz CT molecular complexity index is 243. The summed E-state index contributed by atoms with van der Waals surface area (Å²) in [5, 5.41) is 27.9. The van der Waals surface area contributed by atoms with Crippen LogP contribution in [0.25, 0.3) is 0 Å². The fourth-order valence-corrected chi connectivity index (χ4v) is 1.76. The molecule has 78 valence electrons. The van der Waals surface area contributed by atoms with Gasteiger partial charge in [0, 0.05) is 12.8 Å². The van der Waals surface area contributed by atoms with Gasteiger partial charge in [0.05, 0.1) is 5.92 Å². The number of aliphatic carboxylic acids is 1. The molecule has 1 atom stereocenters. The maximum atomic E-state index is 11.2. The molecule has 0 spiro atoms. The number of hydroxylamine groups is 1. The molecule has 6 nitrogen and oxygen atoms in total. The molecular formula is C8H13N3O3. The van der Waals surface area contributed by atoms with Gasteiger partial charge in [-0.3, -0.25) is 9.97 Å². The lowest BCUT2D eigenvalue weighted by atomic mass is 9.86. The summed E-state index contributed by atoms with van der Waals surface area (Å²) in [5.74, 6) is -1.11. The summed E-state index contributed by atoms with van der Waals surface area (Å²) in [4.78, 5) is 10.6. The highest BCUT2D eigenvalue weighted by atomic mass is 16.5. The predicted octanol–water partition coefficient (Wildman–Crippen LogP) is -1.00. The average molecular weight is 199 g/mol. The largest absolute Gasteiger partial charge is 0.607 e. The number of rotatable bonds is 3. The quantitative estimate of drug-likeness (QED) is 0.307. The molecule has 1 unspecified atom stereocenters. The summed E-state index contributed by atoms with van der Waals surface area (Å²) >= 11 is 0. The molecule has 1 fully saturated rings. The van der Waals surface area contributed by atoms with E-state index in [9.17, 15) is 10.0 Å². The molecule has 0 bridgehead atoms.